The summed E-state index contributed by atoms with van der Waals surface area (Å²) in [7, 11) is 0. The van der Waals surface area contributed by atoms with Gasteiger partial charge in [0, 0.05) is 12.0 Å². The normalized spacial score (nSPS) is 31.4. The summed E-state index contributed by atoms with van der Waals surface area (Å²) in [4.78, 5) is 12.2. The molecule has 0 bridgehead atoms. The highest BCUT2D eigenvalue weighted by Crippen LogP contribution is 2.38. The van der Waals surface area contributed by atoms with E-state index in [1.54, 1.807) is 6.08 Å². The third-order valence-electron chi connectivity index (χ3n) is 5.26. The molecule has 0 unspecified atom stereocenters. The van der Waals surface area contributed by atoms with Crippen LogP contribution in [0.15, 0.2) is 23.8 Å². The summed E-state index contributed by atoms with van der Waals surface area (Å²) >= 11 is 0. The van der Waals surface area contributed by atoms with Crippen molar-refractivity contribution < 1.29 is 9.90 Å². The van der Waals surface area contributed by atoms with Crippen LogP contribution in [0.3, 0.4) is 0 Å². The van der Waals surface area contributed by atoms with E-state index in [1.165, 1.54) is 5.57 Å². The zero-order valence-electron chi connectivity index (χ0n) is 14.1. The van der Waals surface area contributed by atoms with Gasteiger partial charge in [-0.1, -0.05) is 23.6 Å². The lowest BCUT2D eigenvalue weighted by molar-refractivity contribution is -0.130. The van der Waals surface area contributed by atoms with Crippen LogP contribution in [0.1, 0.15) is 58.3 Å². The molecule has 0 heterocycles. The predicted molar refractivity (Wildman–Crippen MR) is 93.6 cm³/mol. The molecule has 0 aromatic rings. The first-order valence-electron chi connectivity index (χ1n) is 8.88. The van der Waals surface area contributed by atoms with Crippen molar-refractivity contribution in [2.75, 3.05) is 0 Å². The zero-order valence-corrected chi connectivity index (χ0v) is 14.1. The Morgan fingerprint density at radius 3 is 2.61 bits per heavy atom. The SMILES string of the molecule is C#C/C=C\C(=C/C)CCC1CC(C(=O)NC2CCC(O)CC2)C1. The van der Waals surface area contributed by atoms with Crippen LogP contribution in [-0.2, 0) is 4.79 Å². The molecule has 2 aliphatic rings. The fourth-order valence-electron chi connectivity index (χ4n) is 3.57. The molecule has 3 heteroatoms. The van der Waals surface area contributed by atoms with Crippen molar-refractivity contribution in [3.8, 4) is 12.3 Å². The van der Waals surface area contributed by atoms with Crippen LogP contribution in [0.5, 0.6) is 0 Å². The van der Waals surface area contributed by atoms with E-state index in [0.717, 1.165) is 51.4 Å². The fraction of sp³-hybridized carbons (Fsp3) is 0.650. The van der Waals surface area contributed by atoms with Crippen LogP contribution < -0.4 is 5.32 Å². The van der Waals surface area contributed by atoms with Gasteiger partial charge in [0.05, 0.1) is 6.10 Å². The van der Waals surface area contributed by atoms with Gasteiger partial charge in [-0.2, -0.15) is 0 Å². The van der Waals surface area contributed by atoms with Crippen molar-refractivity contribution in [2.45, 2.75) is 70.4 Å². The predicted octanol–water partition coefficient (Wildman–Crippen LogP) is 3.35. The Labute approximate surface area is 140 Å². The van der Waals surface area contributed by atoms with Gasteiger partial charge in [-0.15, -0.1) is 6.42 Å². The van der Waals surface area contributed by atoms with Crippen LogP contribution in [0.25, 0.3) is 0 Å². The van der Waals surface area contributed by atoms with E-state index < -0.39 is 0 Å². The summed E-state index contributed by atoms with van der Waals surface area (Å²) in [6.07, 6.45) is 18.6. The topological polar surface area (TPSA) is 49.3 Å². The molecule has 126 valence electrons. The molecule has 0 atom stereocenters. The number of carbonyl (C=O) groups is 1. The number of hydrogen-bond donors (Lipinski definition) is 2. The van der Waals surface area contributed by atoms with E-state index in [0.29, 0.717) is 5.92 Å². The molecule has 2 N–H and O–H groups in total. The fourth-order valence-corrected chi connectivity index (χ4v) is 3.57. The number of carbonyl (C=O) groups excluding carboxylic acids is 1. The summed E-state index contributed by atoms with van der Waals surface area (Å²) in [6, 6.07) is 0.272. The van der Waals surface area contributed by atoms with E-state index >= 15 is 0 Å². The molecule has 0 aromatic heterocycles. The maximum atomic E-state index is 12.2. The highest BCUT2D eigenvalue weighted by atomic mass is 16.3. The molecule has 0 radical (unpaired) electrons. The van der Waals surface area contributed by atoms with Gasteiger partial charge in [-0.3, -0.25) is 4.79 Å². The average Bonchev–Trinajstić information content (AvgIpc) is 2.51. The highest BCUT2D eigenvalue weighted by molar-refractivity contribution is 5.79. The molecule has 2 rings (SSSR count). The van der Waals surface area contributed by atoms with E-state index in [9.17, 15) is 9.90 Å². The lowest BCUT2D eigenvalue weighted by Crippen LogP contribution is -2.45. The van der Waals surface area contributed by atoms with E-state index in [-0.39, 0.29) is 24.0 Å². The number of allylic oxidation sites excluding steroid dienone is 4. The molecule has 0 saturated heterocycles. The first kappa shape index (κ1) is 17.8. The quantitative estimate of drug-likeness (QED) is 0.583. The highest BCUT2D eigenvalue weighted by Gasteiger charge is 2.35. The number of nitrogens with one attached hydrogen (secondary N) is 1. The molecule has 3 nitrogen and oxygen atoms in total. The van der Waals surface area contributed by atoms with Gasteiger partial charge in [0.1, 0.15) is 0 Å². The Bertz CT molecular complexity index is 486. The van der Waals surface area contributed by atoms with Gasteiger partial charge >= 0.3 is 0 Å². The maximum Gasteiger partial charge on any atom is 0.223 e. The smallest absolute Gasteiger partial charge is 0.223 e. The minimum absolute atomic E-state index is 0.166. The Balaban J connectivity index is 1.63. The third-order valence-corrected chi connectivity index (χ3v) is 5.26. The Morgan fingerprint density at radius 1 is 1.30 bits per heavy atom. The summed E-state index contributed by atoms with van der Waals surface area (Å²) in [5, 5.41) is 12.7. The molecule has 1 amide bonds. The van der Waals surface area contributed by atoms with Gasteiger partial charge in [-0.05, 0) is 70.3 Å². The summed E-state index contributed by atoms with van der Waals surface area (Å²) < 4.78 is 0. The second-order valence-electron chi connectivity index (χ2n) is 6.95. The Kier molecular flexibility index (Phi) is 6.92. The molecule has 0 aliphatic heterocycles. The van der Waals surface area contributed by atoms with Crippen molar-refractivity contribution in [2.24, 2.45) is 11.8 Å². The van der Waals surface area contributed by atoms with Gasteiger partial charge in [0.15, 0.2) is 0 Å². The van der Waals surface area contributed by atoms with Gasteiger partial charge in [0.25, 0.3) is 0 Å². The molecular formula is C20H29NO2. The number of amides is 1. The van der Waals surface area contributed by atoms with Crippen LogP contribution in [0.4, 0.5) is 0 Å². The zero-order chi connectivity index (χ0) is 16.7. The molecule has 2 aliphatic carbocycles. The van der Waals surface area contributed by atoms with Gasteiger partial charge in [-0.25, -0.2) is 0 Å². The van der Waals surface area contributed by atoms with Gasteiger partial charge in [0.2, 0.25) is 5.91 Å². The minimum Gasteiger partial charge on any atom is -0.393 e. The summed E-state index contributed by atoms with van der Waals surface area (Å²) in [5.74, 6) is 3.60. The summed E-state index contributed by atoms with van der Waals surface area (Å²) in [5.41, 5.74) is 1.27. The van der Waals surface area contributed by atoms with Crippen LogP contribution >= 0.6 is 0 Å². The molecule has 23 heavy (non-hydrogen) atoms. The first-order chi connectivity index (χ1) is 11.1. The Morgan fingerprint density at radius 2 is 2.00 bits per heavy atom. The number of terminal acetylenes is 1. The minimum atomic E-state index is -0.166. The number of aliphatic hydroxyl groups excluding tert-OH is 1. The lowest BCUT2D eigenvalue weighted by Gasteiger charge is -2.36. The number of hydrogen-bond acceptors (Lipinski definition) is 2. The molecule has 0 aromatic carbocycles. The van der Waals surface area contributed by atoms with Crippen LogP contribution in [-0.4, -0.2) is 23.2 Å². The van der Waals surface area contributed by atoms with Crippen LogP contribution in [0, 0.1) is 24.2 Å². The van der Waals surface area contributed by atoms with E-state index in [1.807, 2.05) is 13.0 Å². The molecule has 2 fully saturated rings. The average molecular weight is 315 g/mol. The van der Waals surface area contributed by atoms with E-state index in [2.05, 4.69) is 17.3 Å². The van der Waals surface area contributed by atoms with Gasteiger partial charge < -0.3 is 10.4 Å². The van der Waals surface area contributed by atoms with Crippen molar-refractivity contribution in [1.29, 1.82) is 0 Å². The second-order valence-corrected chi connectivity index (χ2v) is 6.95. The lowest BCUT2D eigenvalue weighted by atomic mass is 9.71. The molecular weight excluding hydrogens is 286 g/mol. The monoisotopic (exact) mass is 315 g/mol. The number of aliphatic hydroxyl groups is 1. The van der Waals surface area contributed by atoms with E-state index in [4.69, 9.17) is 6.42 Å². The van der Waals surface area contributed by atoms with Crippen molar-refractivity contribution >= 4 is 5.91 Å². The second kappa shape index (κ2) is 8.93. The van der Waals surface area contributed by atoms with Crippen molar-refractivity contribution in [1.82, 2.24) is 5.32 Å². The Hall–Kier alpha value is -1.53. The summed E-state index contributed by atoms with van der Waals surface area (Å²) in [6.45, 7) is 2.04. The van der Waals surface area contributed by atoms with Crippen molar-refractivity contribution in [3.05, 3.63) is 23.8 Å². The number of rotatable bonds is 6. The first-order valence-corrected chi connectivity index (χ1v) is 8.88. The van der Waals surface area contributed by atoms with Crippen molar-refractivity contribution in [3.63, 3.8) is 0 Å². The standard InChI is InChI=1S/C20H29NO2/c1-3-5-6-15(4-2)7-8-16-13-17(14-16)20(23)21-18-9-11-19(22)12-10-18/h1,4-6,16-19,22H,7-14H2,2H3,(H,21,23)/b6-5-,15-4+. The van der Waals surface area contributed by atoms with Crippen LogP contribution in [0.2, 0.25) is 0 Å². The molecule has 0 spiro atoms. The maximum absolute atomic E-state index is 12.2. The molecule has 2 saturated carbocycles. The largest absolute Gasteiger partial charge is 0.393 e. The third kappa shape index (κ3) is 5.55.